The van der Waals surface area contributed by atoms with Crippen LogP contribution in [0, 0.1) is 11.8 Å². The summed E-state index contributed by atoms with van der Waals surface area (Å²) in [6.07, 6.45) is 8.69. The number of rotatable bonds is 5. The molecule has 4 nitrogen and oxygen atoms in total. The predicted molar refractivity (Wildman–Crippen MR) is 91.6 cm³/mol. The van der Waals surface area contributed by atoms with Gasteiger partial charge in [0.1, 0.15) is 0 Å². The summed E-state index contributed by atoms with van der Waals surface area (Å²) in [5.41, 5.74) is 0.417. The predicted octanol–water partition coefficient (Wildman–Crippen LogP) is 2.66. The summed E-state index contributed by atoms with van der Waals surface area (Å²) < 4.78 is 5.92. The fraction of sp³-hybridized carbons (Fsp3) is 0.737. The highest BCUT2D eigenvalue weighted by molar-refractivity contribution is 5.10. The Morgan fingerprint density at radius 3 is 2.78 bits per heavy atom. The lowest BCUT2D eigenvalue weighted by atomic mass is 9.74. The van der Waals surface area contributed by atoms with Gasteiger partial charge in [0.2, 0.25) is 5.88 Å². The third-order valence-electron chi connectivity index (χ3n) is 6.23. The molecule has 3 heterocycles. The van der Waals surface area contributed by atoms with Gasteiger partial charge in [0, 0.05) is 37.4 Å². The third kappa shape index (κ3) is 3.24. The Bertz CT molecular complexity index is 511. The van der Waals surface area contributed by atoms with Crippen LogP contribution in [0.1, 0.15) is 32.1 Å². The zero-order chi connectivity index (χ0) is 15.7. The van der Waals surface area contributed by atoms with Gasteiger partial charge < -0.3 is 4.74 Å². The number of hydrogen-bond acceptors (Lipinski definition) is 4. The van der Waals surface area contributed by atoms with Crippen molar-refractivity contribution in [1.29, 1.82) is 0 Å². The van der Waals surface area contributed by atoms with E-state index in [0.29, 0.717) is 11.5 Å². The van der Waals surface area contributed by atoms with Gasteiger partial charge in [-0.15, -0.1) is 0 Å². The number of likely N-dealkylation sites (tertiary alicyclic amines) is 2. The molecule has 0 radical (unpaired) electrons. The van der Waals surface area contributed by atoms with Crippen LogP contribution in [-0.4, -0.2) is 60.2 Å². The SMILES string of the molecule is CN1CC[C@H](COc2ccccn2)CC12CN(CC1CCC1)C2. The molecule has 1 spiro atoms. The Morgan fingerprint density at radius 2 is 2.09 bits per heavy atom. The topological polar surface area (TPSA) is 28.6 Å². The van der Waals surface area contributed by atoms with Crippen LogP contribution in [0.5, 0.6) is 5.88 Å². The maximum Gasteiger partial charge on any atom is 0.213 e. The molecule has 1 aromatic rings. The monoisotopic (exact) mass is 315 g/mol. The summed E-state index contributed by atoms with van der Waals surface area (Å²) in [5, 5.41) is 0. The Balaban J connectivity index is 1.28. The minimum absolute atomic E-state index is 0.417. The van der Waals surface area contributed by atoms with Gasteiger partial charge in [-0.2, -0.15) is 0 Å². The molecule has 3 aliphatic rings. The zero-order valence-corrected chi connectivity index (χ0v) is 14.3. The average molecular weight is 315 g/mol. The van der Waals surface area contributed by atoms with Crippen molar-refractivity contribution >= 4 is 0 Å². The smallest absolute Gasteiger partial charge is 0.213 e. The maximum atomic E-state index is 5.92. The van der Waals surface area contributed by atoms with E-state index in [1.54, 1.807) is 6.20 Å². The zero-order valence-electron chi connectivity index (χ0n) is 14.3. The van der Waals surface area contributed by atoms with Gasteiger partial charge in [-0.1, -0.05) is 12.5 Å². The highest BCUT2D eigenvalue weighted by atomic mass is 16.5. The first-order valence-electron chi connectivity index (χ1n) is 9.21. The molecule has 4 heteroatoms. The van der Waals surface area contributed by atoms with Gasteiger partial charge in [0.05, 0.1) is 6.61 Å². The number of hydrogen-bond donors (Lipinski definition) is 0. The molecule has 1 saturated carbocycles. The van der Waals surface area contributed by atoms with Gasteiger partial charge in [-0.3, -0.25) is 9.80 Å². The van der Waals surface area contributed by atoms with Crippen LogP contribution < -0.4 is 4.74 Å². The number of ether oxygens (including phenoxy) is 1. The molecule has 4 rings (SSSR count). The van der Waals surface area contributed by atoms with Crippen LogP contribution in [-0.2, 0) is 0 Å². The van der Waals surface area contributed by atoms with E-state index in [2.05, 4.69) is 21.8 Å². The Kier molecular flexibility index (Phi) is 4.29. The van der Waals surface area contributed by atoms with Crippen molar-refractivity contribution in [2.24, 2.45) is 11.8 Å². The summed E-state index contributed by atoms with van der Waals surface area (Å²) in [6.45, 7) is 5.88. The summed E-state index contributed by atoms with van der Waals surface area (Å²) in [4.78, 5) is 9.56. The van der Waals surface area contributed by atoms with E-state index in [1.807, 2.05) is 18.2 Å². The van der Waals surface area contributed by atoms with Crippen molar-refractivity contribution < 1.29 is 4.74 Å². The quantitative estimate of drug-likeness (QED) is 0.835. The van der Waals surface area contributed by atoms with Gasteiger partial charge in [0.15, 0.2) is 0 Å². The molecule has 0 aromatic carbocycles. The minimum Gasteiger partial charge on any atom is -0.477 e. The molecule has 0 amide bonds. The number of likely N-dealkylation sites (N-methyl/N-ethyl adjacent to an activating group) is 1. The second kappa shape index (κ2) is 6.40. The maximum absolute atomic E-state index is 5.92. The van der Waals surface area contributed by atoms with Crippen molar-refractivity contribution in [3.05, 3.63) is 24.4 Å². The van der Waals surface area contributed by atoms with Crippen LogP contribution in [0.15, 0.2) is 24.4 Å². The lowest BCUT2D eigenvalue weighted by Crippen LogP contribution is -2.72. The molecule has 126 valence electrons. The molecule has 1 aliphatic carbocycles. The van der Waals surface area contributed by atoms with Crippen LogP contribution in [0.3, 0.4) is 0 Å². The molecular weight excluding hydrogens is 286 g/mol. The van der Waals surface area contributed by atoms with Gasteiger partial charge in [-0.05, 0) is 57.2 Å². The van der Waals surface area contributed by atoms with Gasteiger partial charge in [0.25, 0.3) is 0 Å². The second-order valence-electron chi connectivity index (χ2n) is 7.95. The van der Waals surface area contributed by atoms with Crippen LogP contribution in [0.2, 0.25) is 0 Å². The van der Waals surface area contributed by atoms with Crippen LogP contribution in [0.4, 0.5) is 0 Å². The van der Waals surface area contributed by atoms with E-state index >= 15 is 0 Å². The standard InChI is InChI=1S/C19H29N3O/c1-21-10-8-17(13-23-18-7-2-3-9-20-18)11-19(21)14-22(15-19)12-16-5-4-6-16/h2-3,7,9,16-17H,4-6,8,10-15H2,1H3/t17-/m0/s1. The summed E-state index contributed by atoms with van der Waals surface area (Å²) in [6, 6.07) is 5.87. The van der Waals surface area contributed by atoms with E-state index < -0.39 is 0 Å². The second-order valence-corrected chi connectivity index (χ2v) is 7.95. The molecule has 23 heavy (non-hydrogen) atoms. The molecule has 0 unspecified atom stereocenters. The lowest BCUT2D eigenvalue weighted by Gasteiger charge is -2.59. The Morgan fingerprint density at radius 1 is 1.22 bits per heavy atom. The largest absolute Gasteiger partial charge is 0.477 e. The van der Waals surface area contributed by atoms with Gasteiger partial charge in [-0.25, -0.2) is 4.98 Å². The highest BCUT2D eigenvalue weighted by Gasteiger charge is 2.49. The normalized spacial score (nSPS) is 28.3. The van der Waals surface area contributed by atoms with Crippen molar-refractivity contribution in [1.82, 2.24) is 14.8 Å². The number of pyridine rings is 1. The van der Waals surface area contributed by atoms with E-state index in [9.17, 15) is 0 Å². The Labute approximate surface area is 139 Å². The van der Waals surface area contributed by atoms with E-state index in [-0.39, 0.29) is 0 Å². The van der Waals surface area contributed by atoms with Crippen molar-refractivity contribution in [3.63, 3.8) is 0 Å². The molecule has 0 bridgehead atoms. The first-order chi connectivity index (χ1) is 11.2. The fourth-order valence-electron chi connectivity index (χ4n) is 4.51. The third-order valence-corrected chi connectivity index (χ3v) is 6.23. The summed E-state index contributed by atoms with van der Waals surface area (Å²) in [5.74, 6) is 2.42. The lowest BCUT2D eigenvalue weighted by molar-refractivity contribution is -0.0917. The number of nitrogens with zero attached hydrogens (tertiary/aromatic N) is 3. The molecule has 2 aliphatic heterocycles. The van der Waals surface area contributed by atoms with Crippen molar-refractivity contribution in [2.45, 2.75) is 37.6 Å². The molecule has 2 saturated heterocycles. The number of piperidine rings is 1. The summed E-state index contributed by atoms with van der Waals surface area (Å²) in [7, 11) is 2.32. The Hall–Kier alpha value is -1.13. The fourth-order valence-corrected chi connectivity index (χ4v) is 4.51. The molecule has 3 fully saturated rings. The first kappa shape index (κ1) is 15.4. The highest BCUT2D eigenvalue weighted by Crippen LogP contribution is 2.40. The van der Waals surface area contributed by atoms with E-state index in [1.165, 1.54) is 58.3 Å². The van der Waals surface area contributed by atoms with Crippen molar-refractivity contribution in [2.75, 3.05) is 39.8 Å². The van der Waals surface area contributed by atoms with Crippen LogP contribution >= 0.6 is 0 Å². The number of aromatic nitrogens is 1. The van der Waals surface area contributed by atoms with Gasteiger partial charge >= 0.3 is 0 Å². The molecule has 1 atom stereocenters. The summed E-state index contributed by atoms with van der Waals surface area (Å²) >= 11 is 0. The average Bonchev–Trinajstić information content (AvgIpc) is 2.50. The van der Waals surface area contributed by atoms with Crippen LogP contribution in [0.25, 0.3) is 0 Å². The molecule has 0 N–H and O–H groups in total. The van der Waals surface area contributed by atoms with E-state index in [4.69, 9.17) is 4.74 Å². The molecule has 1 aromatic heterocycles. The first-order valence-corrected chi connectivity index (χ1v) is 9.21. The minimum atomic E-state index is 0.417. The molecular formula is C19H29N3O. The van der Waals surface area contributed by atoms with E-state index in [0.717, 1.165) is 18.4 Å². The van der Waals surface area contributed by atoms with Crippen molar-refractivity contribution in [3.8, 4) is 5.88 Å².